The van der Waals surface area contributed by atoms with Gasteiger partial charge < -0.3 is 14.9 Å². The molecule has 0 amide bonds. The molecule has 1 aliphatic carbocycles. The fourth-order valence-corrected chi connectivity index (χ4v) is 4.64. The molecule has 1 unspecified atom stereocenters. The smallest absolute Gasteiger partial charge is 0.131 e. The van der Waals surface area contributed by atoms with Gasteiger partial charge in [0, 0.05) is 18.6 Å². The molecule has 2 aromatic carbocycles. The molecule has 3 nitrogen and oxygen atoms in total. The van der Waals surface area contributed by atoms with Crippen LogP contribution >= 0.6 is 0 Å². The first-order chi connectivity index (χ1) is 15.0. The minimum absolute atomic E-state index is 0.0961. The molecule has 170 valence electrons. The highest BCUT2D eigenvalue weighted by Crippen LogP contribution is 2.38. The Hall–Kier alpha value is -1.91. The van der Waals surface area contributed by atoms with E-state index in [0.29, 0.717) is 35.6 Å². The molecule has 3 rings (SSSR count). The van der Waals surface area contributed by atoms with Crippen LogP contribution in [0.1, 0.15) is 75.8 Å². The van der Waals surface area contributed by atoms with Gasteiger partial charge in [-0.3, -0.25) is 0 Å². The Balaban J connectivity index is 1.69. The first-order valence-electron chi connectivity index (χ1n) is 11.9. The maximum atomic E-state index is 15.0. The van der Waals surface area contributed by atoms with Gasteiger partial charge in [0.2, 0.25) is 0 Å². The van der Waals surface area contributed by atoms with Crippen molar-refractivity contribution in [1.82, 2.24) is 0 Å². The summed E-state index contributed by atoms with van der Waals surface area (Å²) in [5.41, 5.74) is 2.95. The predicted octanol–water partition coefficient (Wildman–Crippen LogP) is 6.60. The highest BCUT2D eigenvalue weighted by molar-refractivity contribution is 5.67. The molecule has 0 bridgehead atoms. The van der Waals surface area contributed by atoms with E-state index in [0.717, 1.165) is 37.2 Å². The third-order valence-corrected chi connectivity index (χ3v) is 6.79. The topological polar surface area (TPSA) is 49.7 Å². The average molecular weight is 429 g/mol. The number of ether oxygens (including phenoxy) is 1. The fourth-order valence-electron chi connectivity index (χ4n) is 4.64. The predicted molar refractivity (Wildman–Crippen MR) is 124 cm³/mol. The van der Waals surface area contributed by atoms with E-state index < -0.39 is 0 Å². The average Bonchev–Trinajstić information content (AvgIpc) is 2.79. The summed E-state index contributed by atoms with van der Waals surface area (Å²) in [6.07, 6.45) is 8.03. The van der Waals surface area contributed by atoms with Crippen LogP contribution in [0.4, 0.5) is 4.39 Å². The maximum Gasteiger partial charge on any atom is 0.131 e. The minimum Gasteiger partial charge on any atom is -0.508 e. The fraction of sp³-hybridized carbons (Fsp3) is 0.556. The SMILES string of the molecule is CCCCOC(CO)Cc1ccc(-c2ccc(C3CCC(CC)CC3)cc2F)cc1O. The zero-order valence-corrected chi connectivity index (χ0v) is 18.9. The number of hydrogen-bond acceptors (Lipinski definition) is 3. The van der Waals surface area contributed by atoms with Gasteiger partial charge in [-0.05, 0) is 72.8 Å². The highest BCUT2D eigenvalue weighted by atomic mass is 19.1. The van der Waals surface area contributed by atoms with E-state index in [1.807, 2.05) is 18.2 Å². The monoisotopic (exact) mass is 428 g/mol. The molecule has 1 saturated carbocycles. The molecule has 31 heavy (non-hydrogen) atoms. The van der Waals surface area contributed by atoms with Crippen LogP contribution in [0.5, 0.6) is 5.75 Å². The largest absolute Gasteiger partial charge is 0.508 e. The van der Waals surface area contributed by atoms with Gasteiger partial charge >= 0.3 is 0 Å². The highest BCUT2D eigenvalue weighted by Gasteiger charge is 2.22. The van der Waals surface area contributed by atoms with E-state index in [1.165, 1.54) is 19.3 Å². The second kappa shape index (κ2) is 11.6. The number of phenols is 1. The number of hydrogen-bond donors (Lipinski definition) is 2. The van der Waals surface area contributed by atoms with Crippen LogP contribution < -0.4 is 0 Å². The van der Waals surface area contributed by atoms with Crippen molar-refractivity contribution in [3.8, 4) is 16.9 Å². The Bertz CT molecular complexity index is 827. The van der Waals surface area contributed by atoms with Crippen LogP contribution in [0.2, 0.25) is 0 Å². The Morgan fingerprint density at radius 2 is 1.84 bits per heavy atom. The number of aliphatic hydroxyl groups excluding tert-OH is 1. The Morgan fingerprint density at radius 3 is 2.45 bits per heavy atom. The summed E-state index contributed by atoms with van der Waals surface area (Å²) in [4.78, 5) is 0. The Kier molecular flexibility index (Phi) is 8.91. The lowest BCUT2D eigenvalue weighted by atomic mass is 9.77. The van der Waals surface area contributed by atoms with Crippen molar-refractivity contribution in [2.75, 3.05) is 13.2 Å². The lowest BCUT2D eigenvalue weighted by Gasteiger charge is -2.28. The van der Waals surface area contributed by atoms with Gasteiger partial charge in [0.1, 0.15) is 11.6 Å². The Labute approximate surface area is 186 Å². The van der Waals surface area contributed by atoms with Gasteiger partial charge in [-0.1, -0.05) is 51.0 Å². The Morgan fingerprint density at radius 1 is 1.06 bits per heavy atom. The van der Waals surface area contributed by atoms with Crippen LogP contribution in [0.15, 0.2) is 36.4 Å². The third kappa shape index (κ3) is 6.30. The summed E-state index contributed by atoms with van der Waals surface area (Å²) in [5.74, 6) is 1.14. The van der Waals surface area contributed by atoms with E-state index in [-0.39, 0.29) is 24.3 Å². The van der Waals surface area contributed by atoms with Crippen LogP contribution in [-0.4, -0.2) is 29.5 Å². The van der Waals surface area contributed by atoms with Crippen LogP contribution in [0, 0.1) is 11.7 Å². The molecule has 1 fully saturated rings. The summed E-state index contributed by atoms with van der Waals surface area (Å²) < 4.78 is 20.7. The second-order valence-corrected chi connectivity index (χ2v) is 8.94. The van der Waals surface area contributed by atoms with Crippen molar-refractivity contribution < 1.29 is 19.3 Å². The van der Waals surface area contributed by atoms with Crippen molar-refractivity contribution in [3.05, 3.63) is 53.3 Å². The molecular weight excluding hydrogens is 391 g/mol. The van der Waals surface area contributed by atoms with E-state index in [1.54, 1.807) is 18.2 Å². The number of phenolic OH excluding ortho intramolecular Hbond substituents is 1. The van der Waals surface area contributed by atoms with Crippen molar-refractivity contribution >= 4 is 0 Å². The molecule has 1 atom stereocenters. The number of rotatable bonds is 10. The van der Waals surface area contributed by atoms with Crippen molar-refractivity contribution in [2.45, 2.75) is 77.2 Å². The van der Waals surface area contributed by atoms with Crippen LogP contribution in [0.3, 0.4) is 0 Å². The summed E-state index contributed by atoms with van der Waals surface area (Å²) in [7, 11) is 0. The lowest BCUT2D eigenvalue weighted by Crippen LogP contribution is -2.21. The van der Waals surface area contributed by atoms with Gasteiger partial charge in [0.25, 0.3) is 0 Å². The van der Waals surface area contributed by atoms with E-state index in [9.17, 15) is 14.6 Å². The maximum absolute atomic E-state index is 15.0. The molecule has 0 spiro atoms. The normalized spacial score (nSPS) is 20.0. The van der Waals surface area contributed by atoms with E-state index in [4.69, 9.17) is 4.74 Å². The molecule has 0 heterocycles. The van der Waals surface area contributed by atoms with Gasteiger partial charge in [-0.25, -0.2) is 4.39 Å². The molecule has 0 aromatic heterocycles. The molecule has 0 saturated heterocycles. The molecule has 4 heteroatoms. The number of unbranched alkanes of at least 4 members (excludes halogenated alkanes) is 1. The van der Waals surface area contributed by atoms with Gasteiger partial charge in [-0.2, -0.15) is 0 Å². The van der Waals surface area contributed by atoms with Crippen molar-refractivity contribution in [1.29, 1.82) is 0 Å². The van der Waals surface area contributed by atoms with Gasteiger partial charge in [-0.15, -0.1) is 0 Å². The number of aromatic hydroxyl groups is 1. The minimum atomic E-state index is -0.345. The standard InChI is InChI=1S/C27H37FO3/c1-3-5-14-31-24(18-29)15-23-11-10-22(17-27(23)30)25-13-12-21(16-26(25)28)20-8-6-19(4-2)7-9-20/h10-13,16-17,19-20,24,29-30H,3-9,14-15,18H2,1-2H3. The molecular formula is C27H37FO3. The zero-order chi connectivity index (χ0) is 22.2. The molecule has 1 aliphatic rings. The zero-order valence-electron chi connectivity index (χ0n) is 18.9. The summed E-state index contributed by atoms with van der Waals surface area (Å²) in [6.45, 7) is 4.84. The van der Waals surface area contributed by atoms with Crippen molar-refractivity contribution in [2.24, 2.45) is 5.92 Å². The quantitative estimate of drug-likeness (QED) is 0.419. The van der Waals surface area contributed by atoms with E-state index in [2.05, 4.69) is 13.8 Å². The van der Waals surface area contributed by atoms with Gasteiger partial charge in [0.15, 0.2) is 0 Å². The number of aliphatic hydroxyl groups is 1. The van der Waals surface area contributed by atoms with Crippen LogP contribution in [-0.2, 0) is 11.2 Å². The first kappa shape index (κ1) is 23.7. The molecule has 2 aromatic rings. The lowest BCUT2D eigenvalue weighted by molar-refractivity contribution is 0.0120. The second-order valence-electron chi connectivity index (χ2n) is 8.94. The molecule has 0 aliphatic heterocycles. The molecule has 0 radical (unpaired) electrons. The first-order valence-corrected chi connectivity index (χ1v) is 11.9. The third-order valence-electron chi connectivity index (χ3n) is 6.79. The van der Waals surface area contributed by atoms with Crippen LogP contribution in [0.25, 0.3) is 11.1 Å². The summed E-state index contributed by atoms with van der Waals surface area (Å²) >= 11 is 0. The summed E-state index contributed by atoms with van der Waals surface area (Å²) in [5, 5.41) is 20.1. The van der Waals surface area contributed by atoms with E-state index >= 15 is 0 Å². The number of halogens is 1. The number of benzene rings is 2. The molecule has 2 N–H and O–H groups in total. The van der Waals surface area contributed by atoms with Gasteiger partial charge in [0.05, 0.1) is 12.7 Å². The summed E-state index contributed by atoms with van der Waals surface area (Å²) in [6, 6.07) is 10.8. The van der Waals surface area contributed by atoms with Crippen molar-refractivity contribution in [3.63, 3.8) is 0 Å².